The Labute approximate surface area is 81.6 Å². The lowest BCUT2D eigenvalue weighted by Gasteiger charge is -2.10. The Morgan fingerprint density at radius 3 is 2.79 bits per heavy atom. The molecule has 3 N–H and O–H groups in total. The zero-order valence-corrected chi connectivity index (χ0v) is 7.57. The van der Waals surface area contributed by atoms with Crippen molar-refractivity contribution in [3.05, 3.63) is 35.1 Å². The average molecular weight is 194 g/mol. The van der Waals surface area contributed by atoms with Gasteiger partial charge in [-0.05, 0) is 30.2 Å². The SMILES string of the molecule is N#Cc1cc(F)cc([C@@H](N)CCO)c1. The molecule has 0 aliphatic rings. The van der Waals surface area contributed by atoms with E-state index in [4.69, 9.17) is 16.1 Å². The van der Waals surface area contributed by atoms with E-state index in [1.54, 1.807) is 0 Å². The third kappa shape index (κ3) is 2.52. The lowest BCUT2D eigenvalue weighted by Crippen LogP contribution is -2.12. The van der Waals surface area contributed by atoms with Gasteiger partial charge in [0.25, 0.3) is 0 Å². The highest BCUT2D eigenvalue weighted by molar-refractivity contribution is 5.34. The highest BCUT2D eigenvalue weighted by Crippen LogP contribution is 2.16. The van der Waals surface area contributed by atoms with Crippen LogP contribution in [-0.2, 0) is 0 Å². The first-order valence-corrected chi connectivity index (χ1v) is 4.24. The fraction of sp³-hybridized carbons (Fsp3) is 0.300. The summed E-state index contributed by atoms with van der Waals surface area (Å²) in [6, 6.07) is 5.38. The molecule has 1 rings (SSSR count). The van der Waals surface area contributed by atoms with Gasteiger partial charge >= 0.3 is 0 Å². The summed E-state index contributed by atoms with van der Waals surface area (Å²) in [6.45, 7) is -0.0560. The smallest absolute Gasteiger partial charge is 0.124 e. The Kier molecular flexibility index (Phi) is 3.57. The third-order valence-corrected chi connectivity index (χ3v) is 1.92. The van der Waals surface area contributed by atoms with E-state index < -0.39 is 11.9 Å². The normalized spacial score (nSPS) is 12.1. The van der Waals surface area contributed by atoms with Gasteiger partial charge in [-0.3, -0.25) is 0 Å². The standard InChI is InChI=1S/C10H11FN2O/c11-9-4-7(6-12)3-8(5-9)10(13)1-2-14/h3-5,10,14H,1-2,13H2/t10-/m0/s1. The van der Waals surface area contributed by atoms with Crippen LogP contribution in [0.1, 0.15) is 23.6 Å². The minimum atomic E-state index is -0.479. The number of nitrogens with two attached hydrogens (primary N) is 1. The summed E-state index contributed by atoms with van der Waals surface area (Å²) in [5, 5.41) is 17.2. The molecule has 0 amide bonds. The van der Waals surface area contributed by atoms with Gasteiger partial charge in [-0.15, -0.1) is 0 Å². The van der Waals surface area contributed by atoms with Gasteiger partial charge < -0.3 is 10.8 Å². The number of benzene rings is 1. The number of hydrogen-bond donors (Lipinski definition) is 2. The van der Waals surface area contributed by atoms with Crippen molar-refractivity contribution >= 4 is 0 Å². The summed E-state index contributed by atoms with van der Waals surface area (Å²) in [6.07, 6.45) is 0.355. The summed E-state index contributed by atoms with van der Waals surface area (Å²) in [7, 11) is 0. The van der Waals surface area contributed by atoms with Crippen molar-refractivity contribution in [3.8, 4) is 6.07 Å². The molecule has 1 aromatic carbocycles. The van der Waals surface area contributed by atoms with Crippen molar-refractivity contribution in [2.75, 3.05) is 6.61 Å². The molecular weight excluding hydrogens is 183 g/mol. The molecule has 1 atom stereocenters. The van der Waals surface area contributed by atoms with Gasteiger partial charge in [0.2, 0.25) is 0 Å². The van der Waals surface area contributed by atoms with Crippen molar-refractivity contribution in [2.45, 2.75) is 12.5 Å². The molecule has 0 radical (unpaired) electrons. The van der Waals surface area contributed by atoms with Gasteiger partial charge in [-0.1, -0.05) is 0 Å². The monoisotopic (exact) mass is 194 g/mol. The van der Waals surface area contributed by atoms with Gasteiger partial charge in [0, 0.05) is 12.6 Å². The van der Waals surface area contributed by atoms with E-state index in [2.05, 4.69) is 0 Å². The number of nitrogens with zero attached hydrogens (tertiary/aromatic N) is 1. The highest BCUT2D eigenvalue weighted by Gasteiger charge is 2.08. The van der Waals surface area contributed by atoms with Gasteiger partial charge in [0.05, 0.1) is 11.6 Å². The molecule has 3 nitrogen and oxygen atoms in total. The van der Waals surface area contributed by atoms with Crippen LogP contribution in [0.15, 0.2) is 18.2 Å². The Hall–Kier alpha value is -1.44. The van der Waals surface area contributed by atoms with Crippen molar-refractivity contribution in [1.82, 2.24) is 0 Å². The van der Waals surface area contributed by atoms with Crippen LogP contribution in [0, 0.1) is 17.1 Å². The Balaban J connectivity index is 2.98. The van der Waals surface area contributed by atoms with Crippen molar-refractivity contribution < 1.29 is 9.50 Å². The summed E-state index contributed by atoms with van der Waals surface area (Å²) >= 11 is 0. The summed E-state index contributed by atoms with van der Waals surface area (Å²) < 4.78 is 12.9. The van der Waals surface area contributed by atoms with Crippen LogP contribution >= 0.6 is 0 Å². The molecule has 0 aliphatic carbocycles. The first-order valence-electron chi connectivity index (χ1n) is 4.24. The fourth-order valence-electron chi connectivity index (χ4n) is 1.20. The van der Waals surface area contributed by atoms with Crippen LogP contribution in [0.5, 0.6) is 0 Å². The maximum atomic E-state index is 12.9. The number of hydrogen-bond acceptors (Lipinski definition) is 3. The highest BCUT2D eigenvalue weighted by atomic mass is 19.1. The van der Waals surface area contributed by atoms with Crippen molar-refractivity contribution in [2.24, 2.45) is 5.73 Å². The van der Waals surface area contributed by atoms with Crippen LogP contribution in [-0.4, -0.2) is 11.7 Å². The second kappa shape index (κ2) is 4.70. The predicted molar refractivity (Wildman–Crippen MR) is 49.7 cm³/mol. The summed E-state index contributed by atoms with van der Waals surface area (Å²) in [5.41, 5.74) is 6.44. The Bertz CT molecular complexity index is 360. The quantitative estimate of drug-likeness (QED) is 0.756. The van der Waals surface area contributed by atoms with E-state index in [1.165, 1.54) is 12.1 Å². The first-order chi connectivity index (χ1) is 6.67. The second-order valence-electron chi connectivity index (χ2n) is 3.00. The third-order valence-electron chi connectivity index (χ3n) is 1.92. The predicted octanol–water partition coefficient (Wildman–Crippen LogP) is 1.08. The molecule has 0 saturated carbocycles. The largest absolute Gasteiger partial charge is 0.396 e. The first kappa shape index (κ1) is 10.6. The summed E-state index contributed by atoms with van der Waals surface area (Å²) in [4.78, 5) is 0. The molecule has 1 aromatic rings. The molecule has 4 heteroatoms. The fourth-order valence-corrected chi connectivity index (χ4v) is 1.20. The second-order valence-corrected chi connectivity index (χ2v) is 3.00. The molecule has 0 fully saturated rings. The Morgan fingerprint density at radius 1 is 1.50 bits per heavy atom. The molecule has 0 saturated heterocycles. The zero-order chi connectivity index (χ0) is 10.6. The number of aliphatic hydroxyl groups is 1. The molecular formula is C10H11FN2O. The number of aliphatic hydroxyl groups excluding tert-OH is 1. The number of halogens is 1. The van der Waals surface area contributed by atoms with Gasteiger partial charge in [0.1, 0.15) is 5.82 Å². The van der Waals surface area contributed by atoms with E-state index in [0.717, 1.165) is 6.07 Å². The van der Waals surface area contributed by atoms with Crippen LogP contribution in [0.25, 0.3) is 0 Å². The molecule has 0 aromatic heterocycles. The molecule has 0 unspecified atom stereocenters. The van der Waals surface area contributed by atoms with Crippen LogP contribution < -0.4 is 5.73 Å². The Morgan fingerprint density at radius 2 is 2.21 bits per heavy atom. The maximum Gasteiger partial charge on any atom is 0.124 e. The molecule has 14 heavy (non-hydrogen) atoms. The average Bonchev–Trinajstić information content (AvgIpc) is 2.17. The zero-order valence-electron chi connectivity index (χ0n) is 7.57. The van der Waals surface area contributed by atoms with Crippen LogP contribution in [0.2, 0.25) is 0 Å². The van der Waals surface area contributed by atoms with E-state index in [0.29, 0.717) is 12.0 Å². The molecule has 0 spiro atoms. The van der Waals surface area contributed by atoms with Gasteiger partial charge in [-0.2, -0.15) is 5.26 Å². The van der Waals surface area contributed by atoms with E-state index in [9.17, 15) is 4.39 Å². The maximum absolute atomic E-state index is 12.9. The molecule has 0 bridgehead atoms. The van der Waals surface area contributed by atoms with Gasteiger partial charge in [-0.25, -0.2) is 4.39 Å². The minimum absolute atomic E-state index is 0.0560. The van der Waals surface area contributed by atoms with Gasteiger partial charge in [0.15, 0.2) is 0 Å². The topological polar surface area (TPSA) is 70.0 Å². The minimum Gasteiger partial charge on any atom is -0.396 e. The van der Waals surface area contributed by atoms with E-state index >= 15 is 0 Å². The van der Waals surface area contributed by atoms with Crippen molar-refractivity contribution in [3.63, 3.8) is 0 Å². The molecule has 74 valence electrons. The summed E-state index contributed by atoms with van der Waals surface area (Å²) in [5.74, 6) is -0.479. The van der Waals surface area contributed by atoms with E-state index in [-0.39, 0.29) is 12.2 Å². The lowest BCUT2D eigenvalue weighted by atomic mass is 10.0. The lowest BCUT2D eigenvalue weighted by molar-refractivity contribution is 0.276. The number of rotatable bonds is 3. The van der Waals surface area contributed by atoms with Crippen LogP contribution in [0.4, 0.5) is 4.39 Å². The molecule has 0 heterocycles. The molecule has 0 aliphatic heterocycles. The number of nitriles is 1. The van der Waals surface area contributed by atoms with Crippen molar-refractivity contribution in [1.29, 1.82) is 5.26 Å². The van der Waals surface area contributed by atoms with E-state index in [1.807, 2.05) is 6.07 Å². The van der Waals surface area contributed by atoms with Crippen LogP contribution in [0.3, 0.4) is 0 Å².